The molecule has 1 saturated heterocycles. The van der Waals surface area contributed by atoms with Crippen molar-refractivity contribution in [3.63, 3.8) is 0 Å². The van der Waals surface area contributed by atoms with E-state index in [0.29, 0.717) is 48.4 Å². The number of thioether (sulfide) groups is 1. The minimum absolute atomic E-state index is 0.215. The average molecular weight is 393 g/mol. The van der Waals surface area contributed by atoms with Crippen molar-refractivity contribution >= 4 is 29.3 Å². The van der Waals surface area contributed by atoms with Crippen LogP contribution in [-0.2, 0) is 0 Å². The quantitative estimate of drug-likeness (QED) is 0.728. The molecular formula is C18H21F2N5OS. The van der Waals surface area contributed by atoms with E-state index >= 15 is 0 Å². The first-order valence-corrected chi connectivity index (χ1v) is 9.43. The number of alkyl halides is 2. The van der Waals surface area contributed by atoms with Crippen molar-refractivity contribution in [2.24, 2.45) is 0 Å². The van der Waals surface area contributed by atoms with Crippen LogP contribution in [0.3, 0.4) is 0 Å². The van der Waals surface area contributed by atoms with E-state index in [1.807, 2.05) is 31.1 Å². The molecule has 0 unspecified atom stereocenters. The van der Waals surface area contributed by atoms with Gasteiger partial charge in [-0.1, -0.05) is 23.9 Å². The van der Waals surface area contributed by atoms with Crippen LogP contribution in [0.5, 0.6) is 0 Å². The van der Waals surface area contributed by atoms with Crippen molar-refractivity contribution in [2.75, 3.05) is 50.1 Å². The highest BCUT2D eigenvalue weighted by Crippen LogP contribution is 2.29. The van der Waals surface area contributed by atoms with Crippen LogP contribution in [0, 0.1) is 0 Å². The third-order valence-electron chi connectivity index (χ3n) is 4.32. The molecule has 0 spiro atoms. The molecule has 0 bridgehead atoms. The van der Waals surface area contributed by atoms with Crippen LogP contribution in [0.2, 0.25) is 0 Å². The highest BCUT2D eigenvalue weighted by Gasteiger charge is 2.25. The Bertz CT molecular complexity index is 780. The summed E-state index contributed by atoms with van der Waals surface area (Å²) in [5.74, 6) is -1.23. The Kier molecular flexibility index (Phi) is 6.10. The molecule has 1 fully saturated rings. The number of piperazine rings is 1. The van der Waals surface area contributed by atoms with Gasteiger partial charge in [-0.2, -0.15) is 8.78 Å². The smallest absolute Gasteiger partial charge is 0.288 e. The zero-order valence-electron chi connectivity index (χ0n) is 15.2. The Balaban J connectivity index is 1.64. The molecule has 0 aliphatic carbocycles. The van der Waals surface area contributed by atoms with Gasteiger partial charge in [0, 0.05) is 45.2 Å². The Labute approximate surface area is 161 Å². The number of hydrogen-bond donors (Lipinski definition) is 0. The van der Waals surface area contributed by atoms with Gasteiger partial charge in [0.1, 0.15) is 0 Å². The van der Waals surface area contributed by atoms with Crippen LogP contribution in [0.25, 0.3) is 0 Å². The molecule has 144 valence electrons. The van der Waals surface area contributed by atoms with Gasteiger partial charge >= 0.3 is 0 Å². The van der Waals surface area contributed by atoms with E-state index in [-0.39, 0.29) is 5.91 Å². The molecule has 2 heterocycles. The molecule has 27 heavy (non-hydrogen) atoms. The maximum absolute atomic E-state index is 12.8. The zero-order chi connectivity index (χ0) is 19.4. The van der Waals surface area contributed by atoms with Gasteiger partial charge < -0.3 is 14.7 Å². The van der Waals surface area contributed by atoms with Gasteiger partial charge in [0.15, 0.2) is 11.6 Å². The fourth-order valence-electron chi connectivity index (χ4n) is 2.88. The first-order chi connectivity index (χ1) is 13.0. The molecule has 1 aliphatic rings. The molecule has 0 radical (unpaired) electrons. The van der Waals surface area contributed by atoms with Crippen LogP contribution in [-0.4, -0.2) is 67.0 Å². The van der Waals surface area contributed by atoms with Gasteiger partial charge in [0.2, 0.25) is 0 Å². The molecule has 0 N–H and O–H groups in total. The van der Waals surface area contributed by atoms with Gasteiger partial charge in [-0.15, -0.1) is 10.2 Å². The van der Waals surface area contributed by atoms with Crippen molar-refractivity contribution in [3.8, 4) is 0 Å². The molecule has 1 aliphatic heterocycles. The monoisotopic (exact) mass is 393 g/mol. The number of nitrogens with zero attached hydrogens (tertiary/aromatic N) is 5. The number of halogens is 2. The Morgan fingerprint density at radius 1 is 1.07 bits per heavy atom. The summed E-state index contributed by atoms with van der Waals surface area (Å²) < 4.78 is 25.5. The van der Waals surface area contributed by atoms with Gasteiger partial charge in [-0.05, 0) is 24.3 Å². The summed E-state index contributed by atoms with van der Waals surface area (Å²) >= 11 is 0.405. The van der Waals surface area contributed by atoms with E-state index in [2.05, 4.69) is 15.1 Å². The standard InChI is InChI=1S/C18H21F2N5OS/c1-23(2)15-7-8-16(22-21-15)24-9-11-25(12-10-24)17(26)13-5-3-4-6-14(13)27-18(19)20/h3-8,18H,9-12H2,1-2H3. The number of carbonyl (C=O) groups is 1. The lowest BCUT2D eigenvalue weighted by atomic mass is 10.2. The van der Waals surface area contributed by atoms with Gasteiger partial charge in [0.25, 0.3) is 11.7 Å². The Morgan fingerprint density at radius 2 is 1.78 bits per heavy atom. The minimum Gasteiger partial charge on any atom is -0.361 e. The second kappa shape index (κ2) is 8.51. The summed E-state index contributed by atoms with van der Waals surface area (Å²) in [7, 11) is 3.80. The minimum atomic E-state index is -2.56. The van der Waals surface area contributed by atoms with Crippen molar-refractivity contribution < 1.29 is 13.6 Å². The van der Waals surface area contributed by atoms with Crippen LogP contribution < -0.4 is 9.80 Å². The van der Waals surface area contributed by atoms with E-state index in [1.54, 1.807) is 29.2 Å². The lowest BCUT2D eigenvalue weighted by molar-refractivity contribution is 0.0743. The molecule has 0 atom stereocenters. The predicted octanol–water partition coefficient (Wildman–Crippen LogP) is 2.82. The number of amides is 1. The summed E-state index contributed by atoms with van der Waals surface area (Å²) in [6.07, 6.45) is 0. The lowest BCUT2D eigenvalue weighted by Gasteiger charge is -2.35. The highest BCUT2D eigenvalue weighted by atomic mass is 32.2. The van der Waals surface area contributed by atoms with Crippen LogP contribution in [0.1, 0.15) is 10.4 Å². The highest BCUT2D eigenvalue weighted by molar-refractivity contribution is 7.99. The molecular weight excluding hydrogens is 372 g/mol. The maximum atomic E-state index is 12.8. The summed E-state index contributed by atoms with van der Waals surface area (Å²) in [5, 5.41) is 8.42. The average Bonchev–Trinajstić information content (AvgIpc) is 2.68. The van der Waals surface area contributed by atoms with Crippen molar-refractivity contribution in [2.45, 2.75) is 10.7 Å². The summed E-state index contributed by atoms with van der Waals surface area (Å²) in [6.45, 7) is 2.24. The van der Waals surface area contributed by atoms with Crippen molar-refractivity contribution in [3.05, 3.63) is 42.0 Å². The van der Waals surface area contributed by atoms with Crippen molar-refractivity contribution in [1.29, 1.82) is 0 Å². The fraction of sp³-hybridized carbons (Fsp3) is 0.389. The van der Waals surface area contributed by atoms with E-state index in [4.69, 9.17) is 0 Å². The number of rotatable bonds is 5. The van der Waals surface area contributed by atoms with E-state index in [0.717, 1.165) is 11.6 Å². The molecule has 9 heteroatoms. The molecule has 2 aromatic rings. The number of hydrogen-bond acceptors (Lipinski definition) is 6. The predicted molar refractivity (Wildman–Crippen MR) is 103 cm³/mol. The molecule has 6 nitrogen and oxygen atoms in total. The second-order valence-electron chi connectivity index (χ2n) is 6.30. The number of carbonyl (C=O) groups excluding carboxylic acids is 1. The third kappa shape index (κ3) is 4.65. The zero-order valence-corrected chi connectivity index (χ0v) is 16.0. The van der Waals surface area contributed by atoms with Gasteiger partial charge in [-0.3, -0.25) is 4.79 Å². The molecule has 1 aromatic heterocycles. The molecule has 1 aromatic carbocycles. The van der Waals surface area contributed by atoms with Crippen LogP contribution >= 0.6 is 11.8 Å². The molecule has 1 amide bonds. The first-order valence-electron chi connectivity index (χ1n) is 8.55. The topological polar surface area (TPSA) is 52.6 Å². The second-order valence-corrected chi connectivity index (χ2v) is 7.33. The lowest BCUT2D eigenvalue weighted by Crippen LogP contribution is -2.49. The summed E-state index contributed by atoms with van der Waals surface area (Å²) in [6, 6.07) is 10.3. The number of anilines is 2. The van der Waals surface area contributed by atoms with Crippen LogP contribution in [0.4, 0.5) is 20.4 Å². The van der Waals surface area contributed by atoms with Gasteiger partial charge in [-0.25, -0.2) is 0 Å². The summed E-state index contributed by atoms with van der Waals surface area (Å²) in [4.78, 5) is 18.7. The third-order valence-corrected chi connectivity index (χ3v) is 5.11. The normalized spacial score (nSPS) is 14.6. The largest absolute Gasteiger partial charge is 0.361 e. The van der Waals surface area contributed by atoms with E-state index in [9.17, 15) is 13.6 Å². The van der Waals surface area contributed by atoms with Crippen molar-refractivity contribution in [1.82, 2.24) is 15.1 Å². The first kappa shape index (κ1) is 19.3. The van der Waals surface area contributed by atoms with E-state index in [1.165, 1.54) is 0 Å². The molecule has 3 rings (SSSR count). The Hall–Kier alpha value is -2.42. The number of benzene rings is 1. The summed E-state index contributed by atoms with van der Waals surface area (Å²) in [5.41, 5.74) is 0.325. The maximum Gasteiger partial charge on any atom is 0.288 e. The van der Waals surface area contributed by atoms with E-state index < -0.39 is 5.76 Å². The molecule has 0 saturated carbocycles. The van der Waals surface area contributed by atoms with Gasteiger partial charge in [0.05, 0.1) is 5.56 Å². The SMILES string of the molecule is CN(C)c1ccc(N2CCN(C(=O)c3ccccc3SC(F)F)CC2)nn1. The Morgan fingerprint density at radius 3 is 2.37 bits per heavy atom. The van der Waals surface area contributed by atoms with Crippen LogP contribution in [0.15, 0.2) is 41.3 Å². The number of aromatic nitrogens is 2. The fourth-order valence-corrected chi connectivity index (χ4v) is 3.51.